The molecule has 1 aromatic carbocycles. The first kappa shape index (κ1) is 26.1. The van der Waals surface area contributed by atoms with Crippen molar-refractivity contribution in [3.63, 3.8) is 0 Å². The van der Waals surface area contributed by atoms with Gasteiger partial charge in [0, 0.05) is 23.3 Å². The monoisotopic (exact) mass is 495 g/mol. The van der Waals surface area contributed by atoms with E-state index >= 15 is 0 Å². The van der Waals surface area contributed by atoms with Gasteiger partial charge in [0.15, 0.2) is 11.6 Å². The normalized spacial score (nSPS) is 27.8. The van der Waals surface area contributed by atoms with Crippen LogP contribution in [-0.4, -0.2) is 38.4 Å². The average molecular weight is 496 g/mol. The van der Waals surface area contributed by atoms with Crippen LogP contribution in [-0.2, 0) is 22.4 Å². The minimum absolute atomic E-state index is 0.0108. The zero-order valence-electron chi connectivity index (χ0n) is 21.8. The molecule has 0 spiro atoms. The minimum atomic E-state index is -2.05. The molecule has 3 aliphatic carbocycles. The number of aliphatic hydroxyl groups is 2. The van der Waals surface area contributed by atoms with Crippen LogP contribution in [0.1, 0.15) is 99.7 Å². The highest BCUT2D eigenvalue weighted by Gasteiger charge is 2.59. The van der Waals surface area contributed by atoms with Gasteiger partial charge in [0.05, 0.1) is 5.56 Å². The van der Waals surface area contributed by atoms with Crippen molar-refractivity contribution >= 4 is 17.5 Å². The topological polar surface area (TPSA) is 138 Å². The molecule has 0 heterocycles. The van der Waals surface area contributed by atoms with E-state index in [1.165, 1.54) is 0 Å². The molecule has 194 valence electrons. The Morgan fingerprint density at radius 3 is 2.47 bits per heavy atom. The van der Waals surface area contributed by atoms with Gasteiger partial charge in [0.1, 0.15) is 22.7 Å². The Morgan fingerprint density at radius 2 is 1.89 bits per heavy atom. The van der Waals surface area contributed by atoms with E-state index in [-0.39, 0.29) is 41.4 Å². The zero-order valence-corrected chi connectivity index (χ0v) is 21.8. The van der Waals surface area contributed by atoms with Gasteiger partial charge in [-0.05, 0) is 60.8 Å². The van der Waals surface area contributed by atoms with E-state index in [2.05, 4.69) is 20.8 Å². The number of hydrogen-bond acceptors (Lipinski definition) is 6. The smallest absolute Gasteiger partial charge is 0.255 e. The molecule has 0 aromatic heterocycles. The molecule has 1 aromatic rings. The Morgan fingerprint density at radius 1 is 1.22 bits per heavy atom. The molecule has 0 bridgehead atoms. The van der Waals surface area contributed by atoms with E-state index in [1.54, 1.807) is 6.92 Å². The number of rotatable bonds is 6. The predicted octanol–water partition coefficient (Wildman–Crippen LogP) is 4.33. The van der Waals surface area contributed by atoms with E-state index in [9.17, 15) is 29.7 Å². The van der Waals surface area contributed by atoms with Gasteiger partial charge in [-0.25, -0.2) is 0 Å². The number of nitrogens with two attached hydrogens (primary N) is 1. The number of aromatic hydroxyl groups is 1. The number of unbranched alkanes of at least 4 members (excludes halogenated alkanes) is 2. The highest BCUT2D eigenvalue weighted by Crippen LogP contribution is 2.58. The van der Waals surface area contributed by atoms with E-state index < -0.39 is 40.0 Å². The number of ketones is 2. The van der Waals surface area contributed by atoms with E-state index in [0.29, 0.717) is 18.4 Å². The fourth-order valence-corrected chi connectivity index (χ4v) is 6.85. The molecule has 0 unspecified atom stereocenters. The third-order valence-corrected chi connectivity index (χ3v) is 8.61. The third-order valence-electron chi connectivity index (χ3n) is 8.61. The van der Waals surface area contributed by atoms with Crippen molar-refractivity contribution in [1.29, 1.82) is 0 Å². The molecule has 3 aliphatic rings. The predicted molar refractivity (Wildman–Crippen MR) is 136 cm³/mol. The number of aryl methyl sites for hydroxylation is 1. The molecule has 36 heavy (non-hydrogen) atoms. The molecular formula is C29H37NO6. The summed E-state index contributed by atoms with van der Waals surface area (Å²) in [7, 11) is 0. The van der Waals surface area contributed by atoms with Crippen molar-refractivity contribution in [2.24, 2.45) is 17.1 Å². The highest BCUT2D eigenvalue weighted by molar-refractivity contribution is 6.20. The average Bonchev–Trinajstić information content (AvgIpc) is 2.77. The van der Waals surface area contributed by atoms with Crippen molar-refractivity contribution in [3.05, 3.63) is 50.8 Å². The summed E-state index contributed by atoms with van der Waals surface area (Å²) in [4.78, 5) is 38.7. The quantitative estimate of drug-likeness (QED) is 0.342. The van der Waals surface area contributed by atoms with Gasteiger partial charge in [-0.15, -0.1) is 0 Å². The SMILES string of the molecule is CCCCCc1cc(C(C)C)c2c(c1O)C(=O)C1=C(C)[C@]3(O)C(O)=C(C(N)=O)C(=O)C[C@@H]3C[C@]1(C)C2. The summed E-state index contributed by atoms with van der Waals surface area (Å²) in [6.07, 6.45) is 4.19. The van der Waals surface area contributed by atoms with Gasteiger partial charge in [0.2, 0.25) is 0 Å². The number of amides is 1. The van der Waals surface area contributed by atoms with Gasteiger partial charge in [-0.3, -0.25) is 14.4 Å². The number of benzene rings is 1. The second-order valence-electron chi connectivity index (χ2n) is 11.4. The number of primary amides is 1. The number of fused-ring (bicyclic) bond motifs is 3. The number of Topliss-reactive ketones (excluding diaryl/α,β-unsaturated/α-hetero) is 2. The van der Waals surface area contributed by atoms with Gasteiger partial charge >= 0.3 is 0 Å². The number of carbonyl (C=O) groups is 3. The molecular weight excluding hydrogens is 458 g/mol. The van der Waals surface area contributed by atoms with E-state index in [4.69, 9.17) is 5.73 Å². The van der Waals surface area contributed by atoms with Crippen LogP contribution in [0.5, 0.6) is 5.75 Å². The Bertz CT molecular complexity index is 1240. The number of hydrogen-bond donors (Lipinski definition) is 4. The number of allylic oxidation sites excluding steroid dienone is 1. The fourth-order valence-electron chi connectivity index (χ4n) is 6.85. The van der Waals surface area contributed by atoms with Crippen molar-refractivity contribution in [2.75, 3.05) is 0 Å². The second kappa shape index (κ2) is 8.87. The van der Waals surface area contributed by atoms with Crippen LogP contribution in [0.2, 0.25) is 0 Å². The van der Waals surface area contributed by atoms with E-state index in [1.807, 2.05) is 13.0 Å². The lowest BCUT2D eigenvalue weighted by molar-refractivity contribution is -0.127. The molecule has 0 fully saturated rings. The van der Waals surface area contributed by atoms with Crippen LogP contribution in [0.4, 0.5) is 0 Å². The second-order valence-corrected chi connectivity index (χ2v) is 11.4. The summed E-state index contributed by atoms with van der Waals surface area (Å²) >= 11 is 0. The molecule has 1 amide bonds. The Balaban J connectivity index is 1.96. The first-order valence-corrected chi connectivity index (χ1v) is 12.9. The summed E-state index contributed by atoms with van der Waals surface area (Å²) in [5, 5.41) is 34.0. The molecule has 4 rings (SSSR count). The maximum absolute atomic E-state index is 14.2. The van der Waals surface area contributed by atoms with Crippen LogP contribution in [0.3, 0.4) is 0 Å². The molecule has 0 radical (unpaired) electrons. The first-order chi connectivity index (χ1) is 16.8. The third kappa shape index (κ3) is 3.62. The Labute approximate surface area is 212 Å². The number of carbonyl (C=O) groups excluding carboxylic acids is 3. The van der Waals surface area contributed by atoms with Crippen molar-refractivity contribution in [3.8, 4) is 5.75 Å². The van der Waals surface area contributed by atoms with Gasteiger partial charge in [-0.2, -0.15) is 0 Å². The first-order valence-electron chi connectivity index (χ1n) is 12.9. The summed E-state index contributed by atoms with van der Waals surface area (Å²) in [5.41, 5.74) is 5.38. The van der Waals surface area contributed by atoms with Gasteiger partial charge in [0.25, 0.3) is 5.91 Å². The summed E-state index contributed by atoms with van der Waals surface area (Å²) in [5.74, 6) is -3.44. The van der Waals surface area contributed by atoms with Gasteiger partial charge < -0.3 is 21.1 Å². The standard InChI is InChI=1S/C29H37NO6/c1-6-7-8-9-16-10-18(14(2)3)19-13-28(5)12-17-11-20(31)22(27(30)35)26(34)29(17,36)15(4)23(28)25(33)21(19)24(16)32/h10,14,17,32,34,36H,6-9,11-13H2,1-5H3,(H2,30,35)/t17-,28-,29-/m1/s1. The van der Waals surface area contributed by atoms with Crippen molar-refractivity contribution in [1.82, 2.24) is 0 Å². The van der Waals surface area contributed by atoms with Crippen LogP contribution in [0, 0.1) is 11.3 Å². The van der Waals surface area contributed by atoms with Crippen molar-refractivity contribution < 1.29 is 29.7 Å². The maximum atomic E-state index is 14.2. The number of phenols is 1. The highest BCUT2D eigenvalue weighted by atomic mass is 16.3. The molecule has 0 saturated heterocycles. The zero-order chi connectivity index (χ0) is 26.7. The maximum Gasteiger partial charge on any atom is 0.255 e. The molecule has 7 nitrogen and oxygen atoms in total. The lowest BCUT2D eigenvalue weighted by Gasteiger charge is -2.52. The lowest BCUT2D eigenvalue weighted by atomic mass is 9.52. The summed E-state index contributed by atoms with van der Waals surface area (Å²) < 4.78 is 0. The van der Waals surface area contributed by atoms with Crippen LogP contribution >= 0.6 is 0 Å². The van der Waals surface area contributed by atoms with Crippen LogP contribution in [0.15, 0.2) is 28.5 Å². The molecule has 0 saturated carbocycles. The van der Waals surface area contributed by atoms with Crippen LogP contribution in [0.25, 0.3) is 0 Å². The Kier molecular flexibility index (Phi) is 6.44. The van der Waals surface area contributed by atoms with Gasteiger partial charge in [-0.1, -0.05) is 46.6 Å². The fraction of sp³-hybridized carbons (Fsp3) is 0.552. The van der Waals surface area contributed by atoms with Crippen LogP contribution < -0.4 is 5.73 Å². The summed E-state index contributed by atoms with van der Waals surface area (Å²) in [6, 6.07) is 2.03. The molecule has 5 N–H and O–H groups in total. The molecule has 3 atom stereocenters. The number of aliphatic hydroxyl groups excluding tert-OH is 1. The van der Waals surface area contributed by atoms with Crippen molar-refractivity contribution in [2.45, 2.75) is 91.1 Å². The lowest BCUT2D eigenvalue weighted by Crippen LogP contribution is -2.55. The van der Waals surface area contributed by atoms with E-state index in [0.717, 1.165) is 36.0 Å². The largest absolute Gasteiger partial charge is 0.508 e. The molecule has 0 aliphatic heterocycles. The Hall–Kier alpha value is -2.93. The number of phenolic OH excluding ortho intramolecular Hbond substituents is 1. The summed E-state index contributed by atoms with van der Waals surface area (Å²) in [6.45, 7) is 9.76. The molecule has 7 heteroatoms. The minimum Gasteiger partial charge on any atom is -0.508 e.